The molecule has 0 spiro atoms. The summed E-state index contributed by atoms with van der Waals surface area (Å²) in [7, 11) is 0. The highest BCUT2D eigenvalue weighted by Gasteiger charge is 2.32. The Bertz CT molecular complexity index is 976. The number of nitrogens with zero attached hydrogens (tertiary/aromatic N) is 2. The smallest absolute Gasteiger partial charge is 0.309 e. The number of hydrogen-bond donors (Lipinski definition) is 1. The highest BCUT2D eigenvalue weighted by molar-refractivity contribution is 7.18. The van der Waals surface area contributed by atoms with Crippen LogP contribution < -0.4 is 4.74 Å². The van der Waals surface area contributed by atoms with Gasteiger partial charge in [-0.15, -0.1) is 11.3 Å². The average Bonchev–Trinajstić information content (AvgIpc) is 3.21. The van der Waals surface area contributed by atoms with Gasteiger partial charge in [-0.25, -0.2) is 4.98 Å². The predicted molar refractivity (Wildman–Crippen MR) is 120 cm³/mol. The first-order valence-corrected chi connectivity index (χ1v) is 11.2. The number of hydrogen-bond acceptors (Lipinski definition) is 5. The van der Waals surface area contributed by atoms with Crippen LogP contribution in [0, 0.1) is 5.92 Å². The van der Waals surface area contributed by atoms with Gasteiger partial charge in [-0.2, -0.15) is 0 Å². The molecule has 30 heavy (non-hydrogen) atoms. The minimum absolute atomic E-state index is 0.213. The van der Waals surface area contributed by atoms with Crippen LogP contribution in [0.15, 0.2) is 54.7 Å². The first-order chi connectivity index (χ1) is 14.6. The molecule has 1 saturated heterocycles. The van der Waals surface area contributed by atoms with E-state index in [1.165, 1.54) is 5.56 Å². The molecule has 1 fully saturated rings. The Morgan fingerprint density at radius 1 is 1.13 bits per heavy atom. The Morgan fingerprint density at radius 3 is 2.50 bits per heavy atom. The number of aliphatic carboxylic acids is 1. The van der Waals surface area contributed by atoms with Gasteiger partial charge < -0.3 is 9.84 Å². The van der Waals surface area contributed by atoms with Crippen molar-refractivity contribution in [2.45, 2.75) is 26.3 Å². The Balaban J connectivity index is 1.36. The molecule has 5 nitrogen and oxygen atoms in total. The van der Waals surface area contributed by atoms with Gasteiger partial charge >= 0.3 is 5.97 Å². The van der Waals surface area contributed by atoms with E-state index in [1.54, 1.807) is 11.3 Å². The second-order valence-corrected chi connectivity index (χ2v) is 8.71. The third-order valence-corrected chi connectivity index (χ3v) is 6.42. The molecule has 1 aliphatic heterocycles. The first kappa shape index (κ1) is 20.6. The van der Waals surface area contributed by atoms with Crippen molar-refractivity contribution in [2.75, 3.05) is 19.7 Å². The summed E-state index contributed by atoms with van der Waals surface area (Å²) in [4.78, 5) is 18.8. The number of rotatable bonds is 9. The van der Waals surface area contributed by atoms with Gasteiger partial charge in [0.1, 0.15) is 10.8 Å². The maximum Gasteiger partial charge on any atom is 0.309 e. The summed E-state index contributed by atoms with van der Waals surface area (Å²) >= 11 is 1.68. The molecule has 0 radical (unpaired) electrons. The van der Waals surface area contributed by atoms with Crippen LogP contribution in [0.1, 0.15) is 25.3 Å². The molecular weight excluding hydrogens is 396 g/mol. The van der Waals surface area contributed by atoms with Gasteiger partial charge in [0.2, 0.25) is 0 Å². The predicted octanol–water partition coefficient (Wildman–Crippen LogP) is 5.17. The van der Waals surface area contributed by atoms with Crippen LogP contribution in [0.4, 0.5) is 0 Å². The molecule has 0 bridgehead atoms. The fraction of sp³-hybridized carbons (Fsp3) is 0.333. The maximum atomic E-state index is 10.9. The van der Waals surface area contributed by atoms with Crippen molar-refractivity contribution >= 4 is 17.3 Å². The highest BCUT2D eigenvalue weighted by Crippen LogP contribution is 2.33. The summed E-state index contributed by atoms with van der Waals surface area (Å²) in [5, 5.41) is 9.98. The number of benzene rings is 2. The molecule has 1 aromatic heterocycles. The zero-order chi connectivity index (χ0) is 20.9. The molecule has 0 saturated carbocycles. The minimum Gasteiger partial charge on any atom is -0.494 e. The lowest BCUT2D eigenvalue weighted by Gasteiger charge is -2.36. The molecule has 3 aromatic rings. The summed E-state index contributed by atoms with van der Waals surface area (Å²) < 4.78 is 5.74. The topological polar surface area (TPSA) is 62.7 Å². The number of ether oxygens (including phenoxy) is 1. The Kier molecular flexibility index (Phi) is 6.45. The lowest BCUT2D eigenvalue weighted by Crippen LogP contribution is -2.49. The standard InChI is InChI=1S/C24H26N2O3S/c1-2-3-12-29-21-10-8-18(9-11-21)22-13-25-23(30-22)19-6-4-17(5-7-19)14-26-15-20(16-26)24(27)28/h4-11,13,20H,2-3,12,14-16H2,1H3,(H,27,28). The minimum atomic E-state index is -0.695. The summed E-state index contributed by atoms with van der Waals surface area (Å²) in [5.41, 5.74) is 3.43. The van der Waals surface area contributed by atoms with E-state index < -0.39 is 5.97 Å². The molecule has 0 amide bonds. The normalized spacial score (nSPS) is 14.4. The van der Waals surface area contributed by atoms with Gasteiger partial charge in [0.05, 0.1) is 17.4 Å². The molecule has 2 aromatic carbocycles. The van der Waals surface area contributed by atoms with Gasteiger partial charge in [0.25, 0.3) is 0 Å². The molecular formula is C24H26N2O3S. The monoisotopic (exact) mass is 422 g/mol. The number of thiazole rings is 1. The SMILES string of the molecule is CCCCOc1ccc(-c2cnc(-c3ccc(CN4CC(C(=O)O)C4)cc3)s2)cc1. The zero-order valence-corrected chi connectivity index (χ0v) is 17.9. The first-order valence-electron chi connectivity index (χ1n) is 10.4. The maximum absolute atomic E-state index is 10.9. The van der Waals surface area contributed by atoms with Crippen molar-refractivity contribution in [1.29, 1.82) is 0 Å². The highest BCUT2D eigenvalue weighted by atomic mass is 32.1. The fourth-order valence-electron chi connectivity index (χ4n) is 3.46. The van der Waals surface area contributed by atoms with Gasteiger partial charge in [-0.1, -0.05) is 37.6 Å². The van der Waals surface area contributed by atoms with E-state index >= 15 is 0 Å². The summed E-state index contributed by atoms with van der Waals surface area (Å²) in [5.74, 6) is -0.000724. The summed E-state index contributed by atoms with van der Waals surface area (Å²) in [6.45, 7) is 4.98. The van der Waals surface area contributed by atoms with Crippen LogP contribution in [-0.4, -0.2) is 40.7 Å². The van der Waals surface area contributed by atoms with Crippen LogP contribution in [0.5, 0.6) is 5.75 Å². The lowest BCUT2D eigenvalue weighted by atomic mass is 9.99. The number of likely N-dealkylation sites (tertiary alicyclic amines) is 1. The van der Waals surface area contributed by atoms with E-state index in [0.717, 1.165) is 52.8 Å². The zero-order valence-electron chi connectivity index (χ0n) is 17.1. The van der Waals surface area contributed by atoms with Gasteiger partial charge in [-0.05, 0) is 41.8 Å². The van der Waals surface area contributed by atoms with Crippen molar-refractivity contribution in [3.05, 3.63) is 60.3 Å². The third-order valence-electron chi connectivity index (χ3n) is 5.32. The van der Waals surface area contributed by atoms with Crippen LogP contribution in [-0.2, 0) is 11.3 Å². The number of unbranched alkanes of at least 4 members (excludes halogenated alkanes) is 1. The van der Waals surface area contributed by atoms with E-state index in [0.29, 0.717) is 13.1 Å². The molecule has 0 unspecified atom stereocenters. The van der Waals surface area contributed by atoms with E-state index in [4.69, 9.17) is 9.84 Å². The largest absolute Gasteiger partial charge is 0.494 e. The van der Waals surface area contributed by atoms with Crippen molar-refractivity contribution in [3.63, 3.8) is 0 Å². The molecule has 6 heteroatoms. The number of carboxylic acids is 1. The summed E-state index contributed by atoms with van der Waals surface area (Å²) in [6.07, 6.45) is 4.12. The fourth-order valence-corrected chi connectivity index (χ4v) is 4.38. The van der Waals surface area contributed by atoms with Crippen molar-refractivity contribution in [2.24, 2.45) is 5.92 Å². The Labute approximate surface area is 181 Å². The molecule has 1 aliphatic rings. The van der Waals surface area contributed by atoms with Crippen LogP contribution in [0.25, 0.3) is 21.0 Å². The molecule has 0 aliphatic carbocycles. The van der Waals surface area contributed by atoms with Gasteiger partial charge in [-0.3, -0.25) is 9.69 Å². The van der Waals surface area contributed by atoms with Crippen LogP contribution in [0.2, 0.25) is 0 Å². The van der Waals surface area contributed by atoms with Crippen molar-refractivity contribution < 1.29 is 14.6 Å². The number of aromatic nitrogens is 1. The molecule has 2 heterocycles. The van der Waals surface area contributed by atoms with Crippen LogP contribution >= 0.6 is 11.3 Å². The quantitative estimate of drug-likeness (QED) is 0.482. The Morgan fingerprint density at radius 2 is 1.83 bits per heavy atom. The summed E-state index contributed by atoms with van der Waals surface area (Å²) in [6, 6.07) is 16.6. The molecule has 1 N–H and O–H groups in total. The van der Waals surface area contributed by atoms with Gasteiger partial charge in [0.15, 0.2) is 0 Å². The van der Waals surface area contributed by atoms with E-state index in [-0.39, 0.29) is 5.92 Å². The van der Waals surface area contributed by atoms with E-state index in [1.807, 2.05) is 18.3 Å². The molecule has 0 atom stereocenters. The van der Waals surface area contributed by atoms with Crippen LogP contribution in [0.3, 0.4) is 0 Å². The third kappa shape index (κ3) is 4.89. The van der Waals surface area contributed by atoms with Crippen molar-refractivity contribution in [3.8, 4) is 26.8 Å². The average molecular weight is 423 g/mol. The molecule has 4 rings (SSSR count). The van der Waals surface area contributed by atoms with E-state index in [9.17, 15) is 4.79 Å². The number of carboxylic acid groups (broad SMARTS) is 1. The Hall–Kier alpha value is -2.70. The second-order valence-electron chi connectivity index (χ2n) is 7.68. The van der Waals surface area contributed by atoms with Gasteiger partial charge in [0, 0.05) is 31.4 Å². The van der Waals surface area contributed by atoms with Crippen molar-refractivity contribution in [1.82, 2.24) is 9.88 Å². The molecule has 156 valence electrons. The lowest BCUT2D eigenvalue weighted by molar-refractivity contribution is -0.147. The number of carbonyl (C=O) groups is 1. The van der Waals surface area contributed by atoms with E-state index in [2.05, 4.69) is 53.2 Å². The second kappa shape index (κ2) is 9.41.